The van der Waals surface area contributed by atoms with Crippen LogP contribution < -0.4 is 0 Å². The van der Waals surface area contributed by atoms with Crippen molar-refractivity contribution < 1.29 is 14.6 Å². The van der Waals surface area contributed by atoms with Gasteiger partial charge in [0.1, 0.15) is 6.61 Å². The lowest BCUT2D eigenvalue weighted by Gasteiger charge is -2.22. The van der Waals surface area contributed by atoms with E-state index in [4.69, 9.17) is 9.84 Å². The second-order valence-corrected chi connectivity index (χ2v) is 6.68. The molecule has 0 amide bonds. The van der Waals surface area contributed by atoms with Crippen LogP contribution in [0.15, 0.2) is 0 Å². The van der Waals surface area contributed by atoms with Crippen LogP contribution >= 0.6 is 0 Å². The van der Waals surface area contributed by atoms with E-state index in [1.165, 1.54) is 57.8 Å². The van der Waals surface area contributed by atoms with Gasteiger partial charge in [0.25, 0.3) is 0 Å². The summed E-state index contributed by atoms with van der Waals surface area (Å²) in [5.41, 5.74) is -0.421. The van der Waals surface area contributed by atoms with Crippen molar-refractivity contribution in [2.75, 3.05) is 13.2 Å². The molecule has 0 saturated heterocycles. The molecule has 0 aliphatic carbocycles. The Bertz CT molecular complexity index is 249. The summed E-state index contributed by atoms with van der Waals surface area (Å²) in [6.45, 7) is 6.13. The van der Waals surface area contributed by atoms with E-state index >= 15 is 0 Å². The SMILES string of the molecule is CCCCCCCCCCCCC(C)(C)C(=O)OCCO. The van der Waals surface area contributed by atoms with Crippen LogP contribution in [-0.4, -0.2) is 24.3 Å². The number of hydrogen-bond donors (Lipinski definition) is 1. The lowest BCUT2D eigenvalue weighted by molar-refractivity contribution is -0.155. The summed E-state index contributed by atoms with van der Waals surface area (Å²) in [4.78, 5) is 11.8. The zero-order chi connectivity index (χ0) is 16.0. The van der Waals surface area contributed by atoms with Crippen LogP contribution in [-0.2, 0) is 9.53 Å². The van der Waals surface area contributed by atoms with Crippen LogP contribution in [0.2, 0.25) is 0 Å². The smallest absolute Gasteiger partial charge is 0.311 e. The average molecular weight is 300 g/mol. The van der Waals surface area contributed by atoms with Gasteiger partial charge in [-0.3, -0.25) is 4.79 Å². The normalized spacial score (nSPS) is 11.6. The van der Waals surface area contributed by atoms with Gasteiger partial charge in [0.05, 0.1) is 12.0 Å². The van der Waals surface area contributed by atoms with E-state index in [-0.39, 0.29) is 19.2 Å². The Balaban J connectivity index is 3.46. The lowest BCUT2D eigenvalue weighted by Crippen LogP contribution is -2.27. The summed E-state index contributed by atoms with van der Waals surface area (Å²) in [6, 6.07) is 0. The molecule has 0 aromatic heterocycles. The number of hydrogen-bond acceptors (Lipinski definition) is 3. The van der Waals surface area contributed by atoms with E-state index in [1.54, 1.807) is 0 Å². The Kier molecular flexibility index (Phi) is 12.8. The zero-order valence-electron chi connectivity index (χ0n) is 14.5. The number of rotatable bonds is 14. The first kappa shape index (κ1) is 20.4. The summed E-state index contributed by atoms with van der Waals surface area (Å²) in [7, 11) is 0. The maximum Gasteiger partial charge on any atom is 0.311 e. The Labute approximate surface area is 131 Å². The monoisotopic (exact) mass is 300 g/mol. The van der Waals surface area contributed by atoms with E-state index in [0.717, 1.165) is 12.8 Å². The van der Waals surface area contributed by atoms with Crippen molar-refractivity contribution in [2.45, 2.75) is 91.4 Å². The van der Waals surface area contributed by atoms with Crippen molar-refractivity contribution >= 4 is 5.97 Å². The third-order valence-corrected chi connectivity index (χ3v) is 4.03. The summed E-state index contributed by atoms with van der Waals surface area (Å²) in [6.07, 6.45) is 13.9. The Hall–Kier alpha value is -0.570. The molecule has 0 atom stereocenters. The minimum atomic E-state index is -0.421. The molecule has 0 bridgehead atoms. The van der Waals surface area contributed by atoms with Gasteiger partial charge in [-0.05, 0) is 20.3 Å². The van der Waals surface area contributed by atoms with E-state index in [0.29, 0.717) is 0 Å². The average Bonchev–Trinajstić information content (AvgIpc) is 2.46. The van der Waals surface area contributed by atoms with Crippen LogP contribution in [0.3, 0.4) is 0 Å². The zero-order valence-corrected chi connectivity index (χ0v) is 14.5. The van der Waals surface area contributed by atoms with Gasteiger partial charge >= 0.3 is 5.97 Å². The fraction of sp³-hybridized carbons (Fsp3) is 0.944. The molecule has 0 heterocycles. The Morgan fingerprint density at radius 2 is 1.38 bits per heavy atom. The highest BCUT2D eigenvalue weighted by Gasteiger charge is 2.28. The molecule has 3 heteroatoms. The van der Waals surface area contributed by atoms with Crippen molar-refractivity contribution in [3.05, 3.63) is 0 Å². The minimum absolute atomic E-state index is 0.0971. The maximum atomic E-state index is 11.8. The Morgan fingerprint density at radius 3 is 1.86 bits per heavy atom. The van der Waals surface area contributed by atoms with Crippen molar-refractivity contribution in [2.24, 2.45) is 5.41 Å². The summed E-state index contributed by atoms with van der Waals surface area (Å²) in [5, 5.41) is 8.67. The molecule has 0 unspecified atom stereocenters. The number of ether oxygens (including phenoxy) is 1. The molecule has 0 rings (SSSR count). The summed E-state index contributed by atoms with van der Waals surface area (Å²) >= 11 is 0. The Morgan fingerprint density at radius 1 is 0.905 bits per heavy atom. The van der Waals surface area contributed by atoms with Gasteiger partial charge < -0.3 is 9.84 Å². The predicted molar refractivity (Wildman–Crippen MR) is 88.3 cm³/mol. The van der Waals surface area contributed by atoms with E-state index in [2.05, 4.69) is 6.92 Å². The third-order valence-electron chi connectivity index (χ3n) is 4.03. The first-order valence-electron chi connectivity index (χ1n) is 8.82. The molecule has 126 valence electrons. The molecule has 0 aliphatic heterocycles. The van der Waals surface area contributed by atoms with Gasteiger partial charge in [-0.2, -0.15) is 0 Å². The first-order valence-corrected chi connectivity index (χ1v) is 8.82. The largest absolute Gasteiger partial charge is 0.463 e. The van der Waals surface area contributed by atoms with Gasteiger partial charge in [-0.1, -0.05) is 71.1 Å². The molecule has 0 aromatic carbocycles. The lowest BCUT2D eigenvalue weighted by atomic mass is 9.87. The van der Waals surface area contributed by atoms with Crippen LogP contribution in [0.4, 0.5) is 0 Å². The molecule has 0 fully saturated rings. The van der Waals surface area contributed by atoms with Gasteiger partial charge in [0.2, 0.25) is 0 Å². The van der Waals surface area contributed by atoms with Crippen LogP contribution in [0.25, 0.3) is 0 Å². The molecule has 0 aromatic rings. The molecule has 0 radical (unpaired) electrons. The number of aliphatic hydroxyl groups excluding tert-OH is 1. The highest BCUT2D eigenvalue weighted by Crippen LogP contribution is 2.25. The predicted octanol–water partition coefficient (Wildman–Crippen LogP) is 4.86. The van der Waals surface area contributed by atoms with Crippen LogP contribution in [0, 0.1) is 5.41 Å². The van der Waals surface area contributed by atoms with Gasteiger partial charge in [0.15, 0.2) is 0 Å². The molecule has 0 aliphatic rings. The van der Waals surface area contributed by atoms with Gasteiger partial charge in [0, 0.05) is 0 Å². The molecular weight excluding hydrogens is 264 g/mol. The van der Waals surface area contributed by atoms with Crippen molar-refractivity contribution in [1.29, 1.82) is 0 Å². The van der Waals surface area contributed by atoms with Gasteiger partial charge in [-0.15, -0.1) is 0 Å². The molecule has 0 spiro atoms. The summed E-state index contributed by atoms with van der Waals surface area (Å²) < 4.78 is 5.01. The van der Waals surface area contributed by atoms with Crippen molar-refractivity contribution in [3.8, 4) is 0 Å². The molecule has 3 nitrogen and oxygen atoms in total. The van der Waals surface area contributed by atoms with E-state index in [1.807, 2.05) is 13.8 Å². The number of unbranched alkanes of at least 4 members (excludes halogenated alkanes) is 9. The highest BCUT2D eigenvalue weighted by atomic mass is 16.5. The number of carbonyl (C=O) groups excluding carboxylic acids is 1. The highest BCUT2D eigenvalue weighted by molar-refractivity contribution is 5.75. The second-order valence-electron chi connectivity index (χ2n) is 6.68. The molecule has 0 saturated carbocycles. The molecule has 21 heavy (non-hydrogen) atoms. The first-order chi connectivity index (χ1) is 10.0. The van der Waals surface area contributed by atoms with Crippen LogP contribution in [0.1, 0.15) is 91.4 Å². The van der Waals surface area contributed by atoms with Crippen molar-refractivity contribution in [3.63, 3.8) is 0 Å². The number of carbonyl (C=O) groups is 1. The van der Waals surface area contributed by atoms with Gasteiger partial charge in [-0.25, -0.2) is 0 Å². The third kappa shape index (κ3) is 11.7. The topological polar surface area (TPSA) is 46.5 Å². The fourth-order valence-corrected chi connectivity index (χ4v) is 2.49. The molecular formula is C18H36O3. The summed E-state index contributed by atoms with van der Waals surface area (Å²) in [5.74, 6) is -0.188. The standard InChI is InChI=1S/C18H36O3/c1-4-5-6-7-8-9-10-11-12-13-14-18(2,3)17(20)21-16-15-19/h19H,4-16H2,1-3H3. The minimum Gasteiger partial charge on any atom is -0.463 e. The number of esters is 1. The van der Waals surface area contributed by atoms with Crippen LogP contribution in [0.5, 0.6) is 0 Å². The fourth-order valence-electron chi connectivity index (χ4n) is 2.49. The quantitative estimate of drug-likeness (QED) is 0.368. The van der Waals surface area contributed by atoms with E-state index < -0.39 is 5.41 Å². The van der Waals surface area contributed by atoms with Crippen molar-refractivity contribution in [1.82, 2.24) is 0 Å². The van der Waals surface area contributed by atoms with E-state index in [9.17, 15) is 4.79 Å². The second kappa shape index (κ2) is 13.1. The molecule has 1 N–H and O–H groups in total. The maximum absolute atomic E-state index is 11.8. The number of aliphatic hydroxyl groups is 1.